The summed E-state index contributed by atoms with van der Waals surface area (Å²) in [4.78, 5) is 37.4. The Morgan fingerprint density at radius 2 is 1.93 bits per heavy atom. The molecule has 1 aliphatic heterocycles. The minimum Gasteiger partial charge on any atom is -0.482 e. The molecule has 4 rings (SSSR count). The van der Waals surface area contributed by atoms with Gasteiger partial charge in [0.05, 0.1) is 5.69 Å². The number of para-hydroxylation sites is 3. The van der Waals surface area contributed by atoms with Gasteiger partial charge in [-0.05, 0) is 24.6 Å². The molecular weight excluding hydrogens is 370 g/mol. The molecule has 0 radical (unpaired) electrons. The number of aromatic nitrogens is 1. The van der Waals surface area contributed by atoms with Crippen LogP contribution in [0.25, 0.3) is 10.9 Å². The molecule has 3 aromatic rings. The van der Waals surface area contributed by atoms with Crippen LogP contribution in [-0.2, 0) is 16.1 Å². The molecular formula is C22H21N3O4. The second-order valence-corrected chi connectivity index (χ2v) is 6.85. The number of anilines is 1. The highest BCUT2D eigenvalue weighted by molar-refractivity contribution is 5.98. The van der Waals surface area contributed by atoms with Gasteiger partial charge in [-0.15, -0.1) is 0 Å². The number of benzene rings is 2. The fraction of sp³-hybridized carbons (Fsp3) is 0.227. The minimum atomic E-state index is -0.142. The fourth-order valence-electron chi connectivity index (χ4n) is 3.57. The molecule has 0 saturated heterocycles. The zero-order chi connectivity index (χ0) is 20.2. The van der Waals surface area contributed by atoms with Crippen molar-refractivity contribution in [2.24, 2.45) is 0 Å². The molecule has 0 saturated carbocycles. The summed E-state index contributed by atoms with van der Waals surface area (Å²) < 4.78 is 7.21. The molecule has 148 valence electrons. The van der Waals surface area contributed by atoms with E-state index in [4.69, 9.17) is 4.74 Å². The zero-order valence-electron chi connectivity index (χ0n) is 15.8. The number of carbonyl (C=O) groups excluding carboxylic acids is 3. The number of nitrogens with zero attached hydrogens (tertiary/aromatic N) is 2. The molecule has 1 aliphatic rings. The van der Waals surface area contributed by atoms with E-state index in [9.17, 15) is 14.4 Å². The van der Waals surface area contributed by atoms with Gasteiger partial charge in [-0.2, -0.15) is 0 Å². The number of hydrogen-bond acceptors (Lipinski definition) is 4. The largest absolute Gasteiger partial charge is 0.482 e. The number of carbonyl (C=O) groups is 3. The SMILES string of the molecule is O=Cc1cn(CC(=O)NCCCN2C(=O)COc3ccccc32)c2ccccc12. The Labute approximate surface area is 167 Å². The number of hydrogen-bond donors (Lipinski definition) is 1. The first kappa shape index (κ1) is 18.7. The second kappa shape index (κ2) is 8.18. The van der Waals surface area contributed by atoms with Gasteiger partial charge in [-0.25, -0.2) is 0 Å². The lowest BCUT2D eigenvalue weighted by molar-refractivity contribution is -0.121. The van der Waals surface area contributed by atoms with Crippen molar-refractivity contribution in [3.05, 3.63) is 60.3 Å². The van der Waals surface area contributed by atoms with Crippen molar-refractivity contribution >= 4 is 34.7 Å². The van der Waals surface area contributed by atoms with Gasteiger partial charge >= 0.3 is 0 Å². The minimum absolute atomic E-state index is 0.0309. The lowest BCUT2D eigenvalue weighted by Gasteiger charge is -2.29. The van der Waals surface area contributed by atoms with Crippen LogP contribution in [0.15, 0.2) is 54.7 Å². The lowest BCUT2D eigenvalue weighted by Crippen LogP contribution is -2.40. The number of fused-ring (bicyclic) bond motifs is 2. The van der Waals surface area contributed by atoms with Gasteiger partial charge in [0.15, 0.2) is 12.9 Å². The summed E-state index contributed by atoms with van der Waals surface area (Å²) in [5, 5.41) is 3.72. The van der Waals surface area contributed by atoms with Crippen LogP contribution in [0.1, 0.15) is 16.8 Å². The first-order valence-electron chi connectivity index (χ1n) is 9.49. The zero-order valence-corrected chi connectivity index (χ0v) is 15.8. The molecule has 7 heteroatoms. The summed E-state index contributed by atoms with van der Waals surface area (Å²) in [5.74, 6) is 0.466. The first-order chi connectivity index (χ1) is 14.2. The van der Waals surface area contributed by atoms with E-state index in [1.807, 2.05) is 48.5 Å². The van der Waals surface area contributed by atoms with Gasteiger partial charge in [0.2, 0.25) is 5.91 Å². The Morgan fingerprint density at radius 3 is 2.79 bits per heavy atom. The first-order valence-corrected chi connectivity index (χ1v) is 9.49. The van der Waals surface area contributed by atoms with E-state index in [0.29, 0.717) is 30.8 Å². The summed E-state index contributed by atoms with van der Waals surface area (Å²) in [6.07, 6.45) is 3.12. The van der Waals surface area contributed by atoms with Crippen molar-refractivity contribution < 1.29 is 19.1 Å². The molecule has 0 fully saturated rings. The van der Waals surface area contributed by atoms with E-state index in [1.165, 1.54) is 0 Å². The van der Waals surface area contributed by atoms with Crippen LogP contribution in [-0.4, -0.2) is 42.4 Å². The Bertz CT molecular complexity index is 1070. The van der Waals surface area contributed by atoms with Gasteiger partial charge in [-0.1, -0.05) is 30.3 Å². The van der Waals surface area contributed by atoms with E-state index in [0.717, 1.165) is 22.9 Å². The number of nitrogens with one attached hydrogen (secondary N) is 1. The summed E-state index contributed by atoms with van der Waals surface area (Å²) in [6, 6.07) is 14.9. The maximum atomic E-state index is 12.3. The van der Waals surface area contributed by atoms with Crippen LogP contribution in [0.5, 0.6) is 5.75 Å². The molecule has 29 heavy (non-hydrogen) atoms. The Kier molecular flexibility index (Phi) is 5.29. The van der Waals surface area contributed by atoms with Crippen LogP contribution in [0.3, 0.4) is 0 Å². The monoisotopic (exact) mass is 391 g/mol. The highest BCUT2D eigenvalue weighted by atomic mass is 16.5. The highest BCUT2D eigenvalue weighted by Gasteiger charge is 2.24. The van der Waals surface area contributed by atoms with Gasteiger partial charge in [0.1, 0.15) is 12.3 Å². The normalized spacial score (nSPS) is 13.1. The maximum absolute atomic E-state index is 12.3. The molecule has 0 spiro atoms. The number of ether oxygens (including phenoxy) is 1. The molecule has 2 amide bonds. The van der Waals surface area contributed by atoms with Crippen molar-refractivity contribution in [1.82, 2.24) is 9.88 Å². The fourth-order valence-corrected chi connectivity index (χ4v) is 3.57. The predicted octanol–water partition coefficient (Wildman–Crippen LogP) is 2.39. The Balaban J connectivity index is 1.32. The van der Waals surface area contributed by atoms with Crippen LogP contribution in [0, 0.1) is 0 Å². The van der Waals surface area contributed by atoms with Crippen molar-refractivity contribution in [2.75, 3.05) is 24.6 Å². The smallest absolute Gasteiger partial charge is 0.265 e. The average molecular weight is 391 g/mol. The van der Waals surface area contributed by atoms with Crippen LogP contribution in [0.4, 0.5) is 5.69 Å². The number of aldehydes is 1. The summed E-state index contributed by atoms with van der Waals surface area (Å²) >= 11 is 0. The van der Waals surface area contributed by atoms with Crippen molar-refractivity contribution in [3.63, 3.8) is 0 Å². The molecule has 7 nitrogen and oxygen atoms in total. The summed E-state index contributed by atoms with van der Waals surface area (Å²) in [5.41, 5.74) is 2.17. The van der Waals surface area contributed by atoms with Gasteiger partial charge in [-0.3, -0.25) is 14.4 Å². The van der Waals surface area contributed by atoms with E-state index < -0.39 is 0 Å². The van der Waals surface area contributed by atoms with Crippen molar-refractivity contribution in [2.45, 2.75) is 13.0 Å². The van der Waals surface area contributed by atoms with E-state index >= 15 is 0 Å². The molecule has 0 aliphatic carbocycles. The maximum Gasteiger partial charge on any atom is 0.265 e. The molecule has 0 atom stereocenters. The standard InChI is InChI=1S/C22H21N3O4/c26-14-16-12-24(18-7-2-1-6-17(16)18)13-21(27)23-10-5-11-25-19-8-3-4-9-20(19)29-15-22(25)28/h1-4,6-9,12,14H,5,10-11,13,15H2,(H,23,27). The lowest BCUT2D eigenvalue weighted by atomic mass is 10.2. The Morgan fingerprint density at radius 1 is 1.14 bits per heavy atom. The second-order valence-electron chi connectivity index (χ2n) is 6.85. The van der Waals surface area contributed by atoms with Crippen LogP contribution >= 0.6 is 0 Å². The van der Waals surface area contributed by atoms with Gasteiger partial charge in [0, 0.05) is 35.8 Å². The highest BCUT2D eigenvalue weighted by Crippen LogP contribution is 2.31. The molecule has 2 heterocycles. The van der Waals surface area contributed by atoms with Crippen molar-refractivity contribution in [1.29, 1.82) is 0 Å². The molecule has 2 aromatic carbocycles. The third-order valence-corrected chi connectivity index (χ3v) is 4.95. The quantitative estimate of drug-likeness (QED) is 0.495. The number of rotatable bonds is 7. The third kappa shape index (κ3) is 3.85. The van der Waals surface area contributed by atoms with Crippen molar-refractivity contribution in [3.8, 4) is 5.75 Å². The van der Waals surface area contributed by atoms with E-state index in [1.54, 1.807) is 15.7 Å². The molecule has 1 aromatic heterocycles. The number of amides is 2. The van der Waals surface area contributed by atoms with E-state index in [2.05, 4.69) is 5.32 Å². The van der Waals surface area contributed by atoms with E-state index in [-0.39, 0.29) is 25.0 Å². The summed E-state index contributed by atoms with van der Waals surface area (Å²) in [6.45, 7) is 1.11. The van der Waals surface area contributed by atoms with Crippen LogP contribution < -0.4 is 15.0 Å². The average Bonchev–Trinajstić information content (AvgIpc) is 3.10. The van der Waals surface area contributed by atoms with Crippen LogP contribution in [0.2, 0.25) is 0 Å². The van der Waals surface area contributed by atoms with Gasteiger partial charge in [0.25, 0.3) is 5.91 Å². The third-order valence-electron chi connectivity index (χ3n) is 4.95. The Hall–Kier alpha value is -3.61. The van der Waals surface area contributed by atoms with Gasteiger partial charge < -0.3 is 19.5 Å². The molecule has 1 N–H and O–H groups in total. The topological polar surface area (TPSA) is 80.6 Å². The molecule has 0 unspecified atom stereocenters. The summed E-state index contributed by atoms with van der Waals surface area (Å²) in [7, 11) is 0. The predicted molar refractivity (Wildman–Crippen MR) is 109 cm³/mol. The molecule has 0 bridgehead atoms.